The Morgan fingerprint density at radius 1 is 0.627 bits per heavy atom. The van der Waals surface area contributed by atoms with Crippen LogP contribution in [-0.4, -0.2) is 78.4 Å². The van der Waals surface area contributed by atoms with Gasteiger partial charge in [0.1, 0.15) is 29.8 Å². The Labute approximate surface area is 417 Å². The maximum Gasteiger partial charge on any atom is 0.414 e. The zero-order valence-corrected chi connectivity index (χ0v) is 43.7. The number of hydrogen-bond donors (Lipinski definition) is 3. The number of amides is 5. The van der Waals surface area contributed by atoms with Crippen LogP contribution < -0.4 is 16.0 Å². The van der Waals surface area contributed by atoms with Gasteiger partial charge < -0.3 is 19.5 Å². The summed E-state index contributed by atoms with van der Waals surface area (Å²) in [4.78, 5) is 76.6. The van der Waals surface area contributed by atoms with Gasteiger partial charge >= 0.3 is 18.2 Å². The second kappa shape index (κ2) is 29.8. The number of ether oxygens (including phenoxy) is 3. The lowest BCUT2D eigenvalue weighted by molar-refractivity contribution is -0.202. The fraction of sp³-hybridized carbons (Fsp3) is 0.885. The van der Waals surface area contributed by atoms with Gasteiger partial charge in [-0.2, -0.15) is 0 Å². The van der Waals surface area contributed by atoms with E-state index in [-0.39, 0.29) is 71.1 Å². The molecule has 3 N–H and O–H groups in total. The van der Waals surface area contributed by atoms with Crippen LogP contribution in [0.25, 0.3) is 0 Å². The number of esters is 1. The second-order valence-corrected chi connectivity index (χ2v) is 21.9. The number of imide groups is 2. The molecule has 5 amide bonds. The van der Waals surface area contributed by atoms with E-state index in [1.54, 1.807) is 0 Å². The number of carbonyl (C=O) groups is 6. The van der Waals surface area contributed by atoms with E-state index in [1.807, 2.05) is 0 Å². The number of unbranched alkanes of at least 4 members (excludes halogenated alkanes) is 17. The minimum Gasteiger partial charge on any atom is -0.466 e. The smallest absolute Gasteiger partial charge is 0.414 e. The average molecular weight is 1000 g/mol. The number of nitrogens with one attached hydrogen (secondary N) is 3. The third-order valence-electron chi connectivity index (χ3n) is 16.8. The van der Waals surface area contributed by atoms with Gasteiger partial charge in [0.05, 0.1) is 6.61 Å². The molecule has 0 aromatic rings. The Morgan fingerprint density at radius 2 is 1.15 bits per heavy atom. The van der Waals surface area contributed by atoms with Crippen LogP contribution in [-0.2, 0) is 33.4 Å². The quantitative estimate of drug-likeness (QED) is 0.0286. The van der Waals surface area contributed by atoms with Gasteiger partial charge in [-0.1, -0.05) is 137 Å². The van der Waals surface area contributed by atoms with Crippen molar-refractivity contribution >= 4 is 70.7 Å². The second-order valence-electron chi connectivity index (χ2n) is 21.1. The molecule has 0 saturated heterocycles. The number of halogens is 3. The summed E-state index contributed by atoms with van der Waals surface area (Å²) < 4.78 is 18.2. The maximum absolute atomic E-state index is 13.4. The van der Waals surface area contributed by atoms with Gasteiger partial charge in [-0.3, -0.25) is 29.8 Å². The molecule has 0 radical (unpaired) electrons. The summed E-state index contributed by atoms with van der Waals surface area (Å²) in [5.41, 5.74) is -0.877. The molecular weight excluding hydrogens is 917 g/mol. The number of carbonyl (C=O) groups excluding carboxylic acids is 6. The number of alkyl halides is 3. The SMILES string of the molecule is CCCCCCCCCCCCCCCCCCCCOC(=O)CC[C@@H](C)[C@H]1CC[C@H]2[C@@H]3[C@H](OC(=O)NC(=O)CCl)C[C@@H]4C[C@H](NC(=O)CCl)CC[C@]4(C)[C@H]3C[C@H](OC(=O)NC(=O)CCl)[C@]12C. The van der Waals surface area contributed by atoms with Gasteiger partial charge in [-0.05, 0) is 92.8 Å². The summed E-state index contributed by atoms with van der Waals surface area (Å²) in [6, 6.07) is -0.103. The molecule has 4 fully saturated rings. The molecule has 4 saturated carbocycles. The predicted octanol–water partition coefficient (Wildman–Crippen LogP) is 12.3. The molecular formula is C52H86Cl3N3O9. The number of hydrogen-bond acceptors (Lipinski definition) is 9. The summed E-state index contributed by atoms with van der Waals surface area (Å²) in [6.07, 6.45) is 26.2. The van der Waals surface area contributed by atoms with Crippen LogP contribution in [0.3, 0.4) is 0 Å². The summed E-state index contributed by atoms with van der Waals surface area (Å²) in [6.45, 7) is 9.27. The number of fused-ring (bicyclic) bond motifs is 5. The zero-order valence-electron chi connectivity index (χ0n) is 41.4. The van der Waals surface area contributed by atoms with Gasteiger partial charge in [0.15, 0.2) is 0 Å². The highest BCUT2D eigenvalue weighted by atomic mass is 35.5. The van der Waals surface area contributed by atoms with Gasteiger partial charge in [0, 0.05) is 23.8 Å². The van der Waals surface area contributed by atoms with Crippen molar-refractivity contribution in [2.24, 2.45) is 46.3 Å². The lowest BCUT2D eigenvalue weighted by Crippen LogP contribution is -2.64. The molecule has 0 heterocycles. The van der Waals surface area contributed by atoms with Crippen molar-refractivity contribution in [1.82, 2.24) is 16.0 Å². The first-order valence-electron chi connectivity index (χ1n) is 26.3. The van der Waals surface area contributed by atoms with Crippen molar-refractivity contribution in [1.29, 1.82) is 0 Å². The molecule has 0 aromatic carbocycles. The van der Waals surface area contributed by atoms with Crippen molar-refractivity contribution in [3.05, 3.63) is 0 Å². The molecule has 384 valence electrons. The van der Waals surface area contributed by atoms with E-state index in [0.717, 1.165) is 44.9 Å². The first kappa shape index (κ1) is 57.3. The van der Waals surface area contributed by atoms with E-state index in [4.69, 9.17) is 49.0 Å². The monoisotopic (exact) mass is 1000 g/mol. The van der Waals surface area contributed by atoms with E-state index in [1.165, 1.54) is 96.3 Å². The molecule has 4 rings (SSSR count). The molecule has 0 bridgehead atoms. The lowest BCUT2D eigenvalue weighted by Gasteiger charge is -2.64. The van der Waals surface area contributed by atoms with Crippen LogP contribution in [0, 0.1) is 46.3 Å². The Bertz CT molecular complexity index is 1570. The lowest BCUT2D eigenvalue weighted by atomic mass is 9.43. The Morgan fingerprint density at radius 3 is 1.69 bits per heavy atom. The fourth-order valence-electron chi connectivity index (χ4n) is 13.2. The van der Waals surface area contributed by atoms with Crippen LogP contribution >= 0.6 is 34.8 Å². The van der Waals surface area contributed by atoms with Gasteiger partial charge in [-0.15, -0.1) is 34.8 Å². The maximum atomic E-state index is 13.4. The number of alkyl carbamates (subject to hydrolysis) is 2. The Balaban J connectivity index is 1.31. The summed E-state index contributed by atoms with van der Waals surface area (Å²) >= 11 is 17.3. The van der Waals surface area contributed by atoms with Gasteiger partial charge in [0.25, 0.3) is 0 Å². The molecule has 12 nitrogen and oxygen atoms in total. The number of rotatable bonds is 29. The van der Waals surface area contributed by atoms with Crippen molar-refractivity contribution in [2.45, 2.75) is 219 Å². The van der Waals surface area contributed by atoms with Crippen LogP contribution in [0.1, 0.15) is 201 Å². The van der Waals surface area contributed by atoms with Crippen molar-refractivity contribution in [3.63, 3.8) is 0 Å². The standard InChI is InChI=1S/C52H86Cl3N3O9/c1-5-6-7-8-9-10-11-12-13-14-15-16-17-18-19-20-21-22-29-65-47(62)26-23-36(2)39-24-25-40-48-41(32-43(52(39,40)4)67-50(64)58-46(61)35-55)51(3)28-27-38(56-44(59)33-53)30-37(51)31-42(48)66-49(63)57-45(60)34-54/h36-43,48H,5-35H2,1-4H3,(H,56,59)(H,57,60,63)(H,58,61,64)/t36-,37+,38-,39-,40+,41+,42-,43+,48+,51+,52-/m1/s1. The summed E-state index contributed by atoms with van der Waals surface area (Å²) in [5.74, 6) is -2.85. The van der Waals surface area contributed by atoms with Gasteiger partial charge in [-0.25, -0.2) is 9.59 Å². The fourth-order valence-corrected chi connectivity index (χ4v) is 13.4. The first-order valence-corrected chi connectivity index (χ1v) is 28.0. The van der Waals surface area contributed by atoms with Crippen LogP contribution in [0.4, 0.5) is 9.59 Å². The average Bonchev–Trinajstić information content (AvgIpc) is 3.67. The summed E-state index contributed by atoms with van der Waals surface area (Å²) in [7, 11) is 0. The minimum atomic E-state index is -0.855. The minimum absolute atomic E-state index is 0.0253. The Hall–Kier alpha value is -2.31. The molecule has 0 aromatic heterocycles. The third-order valence-corrected chi connectivity index (χ3v) is 17.5. The van der Waals surface area contributed by atoms with Crippen molar-refractivity contribution < 1.29 is 43.0 Å². The van der Waals surface area contributed by atoms with E-state index >= 15 is 0 Å². The van der Waals surface area contributed by atoms with Crippen LogP contribution in [0.15, 0.2) is 0 Å². The van der Waals surface area contributed by atoms with Crippen molar-refractivity contribution in [3.8, 4) is 0 Å². The highest BCUT2D eigenvalue weighted by molar-refractivity contribution is 6.28. The molecule has 4 aliphatic rings. The molecule has 11 atom stereocenters. The first-order chi connectivity index (χ1) is 32.2. The third kappa shape index (κ3) is 17.2. The molecule has 0 spiro atoms. The van der Waals surface area contributed by atoms with Crippen LogP contribution in [0.2, 0.25) is 0 Å². The predicted molar refractivity (Wildman–Crippen MR) is 265 cm³/mol. The largest absolute Gasteiger partial charge is 0.466 e. The van der Waals surface area contributed by atoms with E-state index in [9.17, 15) is 28.8 Å². The molecule has 4 aliphatic carbocycles. The van der Waals surface area contributed by atoms with Crippen molar-refractivity contribution in [2.75, 3.05) is 24.2 Å². The molecule has 15 heteroatoms. The summed E-state index contributed by atoms with van der Waals surface area (Å²) in [5, 5.41) is 7.59. The Kier molecular flexibility index (Phi) is 25.4. The highest BCUT2D eigenvalue weighted by Gasteiger charge is 2.68. The van der Waals surface area contributed by atoms with Gasteiger partial charge in [0.2, 0.25) is 17.7 Å². The van der Waals surface area contributed by atoms with Crippen LogP contribution in [0.5, 0.6) is 0 Å². The normalized spacial score (nSPS) is 29.1. The molecule has 0 unspecified atom stereocenters. The van der Waals surface area contributed by atoms with E-state index in [0.29, 0.717) is 32.3 Å². The molecule has 0 aliphatic heterocycles. The topological polar surface area (TPSA) is 166 Å². The van der Waals surface area contributed by atoms with E-state index in [2.05, 4.69) is 43.6 Å². The zero-order chi connectivity index (χ0) is 48.8. The molecule has 67 heavy (non-hydrogen) atoms. The van der Waals surface area contributed by atoms with E-state index < -0.39 is 53.4 Å². The highest BCUT2D eigenvalue weighted by Crippen LogP contribution is 2.69.